The van der Waals surface area contributed by atoms with Crippen molar-refractivity contribution in [1.82, 2.24) is 0 Å². The van der Waals surface area contributed by atoms with Crippen LogP contribution in [-0.2, 0) is 22.4 Å². The molecule has 0 spiro atoms. The van der Waals surface area contributed by atoms with Crippen LogP contribution in [0.15, 0.2) is 43.5 Å². The van der Waals surface area contributed by atoms with Gasteiger partial charge in [-0.1, -0.05) is 27.7 Å². The number of rotatable bonds is 16. The molecule has 2 rings (SSSR count). The topological polar surface area (TPSA) is 135 Å². The van der Waals surface area contributed by atoms with Crippen LogP contribution in [0.2, 0.25) is 0 Å². The number of carbonyl (C=O) groups is 2. The predicted molar refractivity (Wildman–Crippen MR) is 140 cm³/mol. The highest BCUT2D eigenvalue weighted by Crippen LogP contribution is 2.29. The molecule has 2 aromatic heterocycles. The van der Waals surface area contributed by atoms with Gasteiger partial charge in [-0.3, -0.25) is 19.2 Å². The van der Waals surface area contributed by atoms with E-state index < -0.39 is 22.4 Å². The Kier molecular flexibility index (Phi) is 10.9. The van der Waals surface area contributed by atoms with E-state index in [0.29, 0.717) is 68.9 Å². The Morgan fingerprint density at radius 2 is 1.00 bits per heavy atom. The highest BCUT2D eigenvalue weighted by atomic mass is 16.3. The Bertz CT molecular complexity index is 1080. The number of Topliss-reactive ketones (excluding diaryl/α,β-unsaturated/α-hetero) is 2. The number of aromatic hydroxyl groups is 2. The van der Waals surface area contributed by atoms with Crippen molar-refractivity contribution in [3.05, 3.63) is 56.6 Å². The number of carbonyl (C=O) groups excluding carboxylic acids is 2. The Labute approximate surface area is 217 Å². The third-order valence-electron chi connectivity index (χ3n) is 6.70. The number of ketones is 2. The van der Waals surface area contributed by atoms with Crippen molar-refractivity contribution < 1.29 is 28.6 Å². The molecule has 2 aromatic rings. The molecular weight excluding hydrogens is 476 g/mol. The molecule has 0 saturated heterocycles. The highest BCUT2D eigenvalue weighted by molar-refractivity contribution is 5.81. The summed E-state index contributed by atoms with van der Waals surface area (Å²) in [6.45, 7) is 8.05. The molecule has 0 fully saturated rings. The van der Waals surface area contributed by atoms with Crippen molar-refractivity contribution in [2.45, 2.75) is 98.3 Å². The Hall–Kier alpha value is -3.16. The average molecular weight is 517 g/mol. The third-order valence-corrected chi connectivity index (χ3v) is 6.70. The number of hydrogen-bond acceptors (Lipinski definition) is 8. The fourth-order valence-corrected chi connectivity index (χ4v) is 4.62. The van der Waals surface area contributed by atoms with Crippen LogP contribution in [0.3, 0.4) is 0 Å². The van der Waals surface area contributed by atoms with E-state index >= 15 is 0 Å². The zero-order valence-electron chi connectivity index (χ0n) is 22.4. The summed E-state index contributed by atoms with van der Waals surface area (Å²) in [6.07, 6.45) is 10.7. The summed E-state index contributed by atoms with van der Waals surface area (Å²) in [4.78, 5) is 48.6. The lowest BCUT2D eigenvalue weighted by Crippen LogP contribution is -2.20. The van der Waals surface area contributed by atoms with Crippen LogP contribution in [0.5, 0.6) is 11.5 Å². The van der Waals surface area contributed by atoms with Gasteiger partial charge >= 0.3 is 0 Å². The van der Waals surface area contributed by atoms with Gasteiger partial charge in [0.2, 0.25) is 10.9 Å². The lowest BCUT2D eigenvalue weighted by molar-refractivity contribution is -0.120. The van der Waals surface area contributed by atoms with Crippen LogP contribution in [0.25, 0.3) is 0 Å². The van der Waals surface area contributed by atoms with E-state index in [1.807, 2.05) is 27.7 Å². The van der Waals surface area contributed by atoms with Gasteiger partial charge < -0.3 is 19.0 Å². The van der Waals surface area contributed by atoms with Crippen LogP contribution in [0, 0.1) is 10.8 Å². The Morgan fingerprint density at radius 3 is 1.38 bits per heavy atom. The van der Waals surface area contributed by atoms with Crippen LogP contribution in [0.1, 0.15) is 96.6 Å². The van der Waals surface area contributed by atoms with Gasteiger partial charge in [-0.15, -0.1) is 0 Å². The third kappa shape index (κ3) is 10.4. The molecule has 2 heterocycles. The van der Waals surface area contributed by atoms with E-state index in [0.717, 1.165) is 25.4 Å². The summed E-state index contributed by atoms with van der Waals surface area (Å²) in [5, 5.41) is 19.1. The van der Waals surface area contributed by atoms with Gasteiger partial charge in [0.1, 0.15) is 24.1 Å². The summed E-state index contributed by atoms with van der Waals surface area (Å²) < 4.78 is 9.98. The Morgan fingerprint density at radius 1 is 0.649 bits per heavy atom. The lowest BCUT2D eigenvalue weighted by Gasteiger charge is -2.24. The largest absolute Gasteiger partial charge is 0.502 e. The first-order chi connectivity index (χ1) is 17.3. The van der Waals surface area contributed by atoms with Gasteiger partial charge in [0.15, 0.2) is 11.5 Å². The normalized spacial score (nSPS) is 12.0. The molecule has 8 heteroatoms. The maximum Gasteiger partial charge on any atom is 0.229 e. The minimum absolute atomic E-state index is 0.131. The first-order valence-corrected chi connectivity index (χ1v) is 12.9. The van der Waals surface area contributed by atoms with Crippen molar-refractivity contribution >= 4 is 11.6 Å². The molecule has 0 bridgehead atoms. The van der Waals surface area contributed by atoms with Crippen molar-refractivity contribution in [3.8, 4) is 11.5 Å². The second-order valence-electron chi connectivity index (χ2n) is 11.5. The van der Waals surface area contributed by atoms with Gasteiger partial charge in [0.25, 0.3) is 0 Å². The smallest absolute Gasteiger partial charge is 0.229 e. The van der Waals surface area contributed by atoms with Crippen molar-refractivity contribution in [1.29, 1.82) is 0 Å². The monoisotopic (exact) mass is 516 g/mol. The molecule has 0 aliphatic rings. The van der Waals surface area contributed by atoms with Crippen LogP contribution in [0.4, 0.5) is 0 Å². The van der Waals surface area contributed by atoms with Crippen molar-refractivity contribution in [2.24, 2.45) is 10.8 Å². The predicted octanol–water partition coefficient (Wildman–Crippen LogP) is 5.49. The summed E-state index contributed by atoms with van der Waals surface area (Å²) in [5.74, 6) is -0.536. The summed E-state index contributed by atoms with van der Waals surface area (Å²) in [7, 11) is 0. The minimum atomic E-state index is -0.423. The van der Waals surface area contributed by atoms with E-state index in [-0.39, 0.29) is 22.4 Å². The molecular formula is C29H40O8. The van der Waals surface area contributed by atoms with Crippen LogP contribution < -0.4 is 10.9 Å². The standard InChI is InChI=1S/C29H40O8/c1-28(2,14-20-16-36-18-24(32)26(20)34)12-6-10-22(30)8-5-9-23(31)11-7-13-29(3,4)15-21-17-37-19-25(33)27(21)35/h16-19,32-33H,5-15H2,1-4H3. The van der Waals surface area contributed by atoms with Gasteiger partial charge in [-0.05, 0) is 55.8 Å². The minimum Gasteiger partial charge on any atom is -0.502 e. The first-order valence-electron chi connectivity index (χ1n) is 12.9. The molecule has 204 valence electrons. The maximum absolute atomic E-state index is 12.3. The SMILES string of the molecule is CC(C)(CCCC(=O)CCCC(=O)CCCC(C)(C)Cc1cocc(O)c1=O)Cc1cocc(O)c1=O. The average Bonchev–Trinajstić information content (AvgIpc) is 2.79. The van der Waals surface area contributed by atoms with Crippen molar-refractivity contribution in [2.75, 3.05) is 0 Å². The molecule has 0 aromatic carbocycles. The van der Waals surface area contributed by atoms with E-state index in [9.17, 15) is 29.4 Å². The lowest BCUT2D eigenvalue weighted by atomic mass is 9.81. The molecule has 0 radical (unpaired) electrons. The van der Waals surface area contributed by atoms with E-state index in [1.54, 1.807) is 0 Å². The first kappa shape index (κ1) is 30.1. The highest BCUT2D eigenvalue weighted by Gasteiger charge is 2.23. The molecule has 0 atom stereocenters. The van der Waals surface area contributed by atoms with Crippen LogP contribution >= 0.6 is 0 Å². The van der Waals surface area contributed by atoms with Gasteiger partial charge in [-0.25, -0.2) is 0 Å². The van der Waals surface area contributed by atoms with E-state index in [1.165, 1.54) is 12.5 Å². The zero-order valence-corrected chi connectivity index (χ0v) is 22.4. The Balaban J connectivity index is 1.63. The van der Waals surface area contributed by atoms with Gasteiger partial charge in [0, 0.05) is 36.8 Å². The molecule has 0 aliphatic carbocycles. The molecule has 0 aliphatic heterocycles. The molecule has 8 nitrogen and oxygen atoms in total. The quantitative estimate of drug-likeness (QED) is 0.299. The molecule has 37 heavy (non-hydrogen) atoms. The zero-order chi connectivity index (χ0) is 27.6. The maximum atomic E-state index is 12.3. The van der Waals surface area contributed by atoms with Gasteiger partial charge in [-0.2, -0.15) is 0 Å². The van der Waals surface area contributed by atoms with Crippen LogP contribution in [-0.4, -0.2) is 21.8 Å². The summed E-state index contributed by atoms with van der Waals surface area (Å²) in [6, 6.07) is 0. The van der Waals surface area contributed by atoms with E-state index in [4.69, 9.17) is 8.83 Å². The fourth-order valence-electron chi connectivity index (χ4n) is 4.62. The number of hydrogen-bond donors (Lipinski definition) is 2. The molecule has 0 amide bonds. The van der Waals surface area contributed by atoms with Gasteiger partial charge in [0.05, 0.1) is 12.5 Å². The molecule has 0 unspecified atom stereocenters. The second-order valence-corrected chi connectivity index (χ2v) is 11.5. The summed E-state index contributed by atoms with van der Waals surface area (Å²) >= 11 is 0. The van der Waals surface area contributed by atoms with Crippen molar-refractivity contribution in [3.63, 3.8) is 0 Å². The fraction of sp³-hybridized carbons (Fsp3) is 0.586. The molecule has 0 saturated carbocycles. The molecule has 2 N–H and O–H groups in total. The summed E-state index contributed by atoms with van der Waals surface area (Å²) in [5.41, 5.74) is -0.457. The second kappa shape index (κ2) is 13.4. The van der Waals surface area contributed by atoms with E-state index in [2.05, 4.69) is 0 Å².